The smallest absolute Gasteiger partial charge is 0.320 e. The molecule has 0 saturated heterocycles. The molecule has 0 aliphatic rings. The van der Waals surface area contributed by atoms with Crippen molar-refractivity contribution in [2.24, 2.45) is 0 Å². The maximum absolute atomic E-state index is 10.9. The average molecular weight is 203 g/mol. The van der Waals surface area contributed by atoms with E-state index in [0.29, 0.717) is 19.4 Å². The van der Waals surface area contributed by atoms with E-state index in [4.69, 9.17) is 10.2 Å². The van der Waals surface area contributed by atoms with Gasteiger partial charge in [-0.05, 0) is 26.7 Å². The van der Waals surface area contributed by atoms with Crippen molar-refractivity contribution in [3.05, 3.63) is 0 Å². The van der Waals surface area contributed by atoms with Crippen molar-refractivity contribution in [3.8, 4) is 0 Å². The molecule has 0 bridgehead atoms. The molecular weight excluding hydrogens is 182 g/mol. The molecule has 0 fully saturated rings. The highest BCUT2D eigenvalue weighted by atomic mass is 16.4. The van der Waals surface area contributed by atoms with Gasteiger partial charge in [-0.15, -0.1) is 0 Å². The van der Waals surface area contributed by atoms with E-state index in [1.54, 1.807) is 0 Å². The van der Waals surface area contributed by atoms with Gasteiger partial charge < -0.3 is 10.2 Å². The van der Waals surface area contributed by atoms with Crippen molar-refractivity contribution < 1.29 is 15.0 Å². The van der Waals surface area contributed by atoms with Crippen LogP contribution in [0.15, 0.2) is 0 Å². The van der Waals surface area contributed by atoms with Crippen molar-refractivity contribution in [3.63, 3.8) is 0 Å². The number of carboxylic acid groups (broad SMARTS) is 1. The number of nitrogens with zero attached hydrogens (tertiary/aromatic N) is 1. The topological polar surface area (TPSA) is 60.8 Å². The first-order valence-corrected chi connectivity index (χ1v) is 5.14. The van der Waals surface area contributed by atoms with Gasteiger partial charge in [0.15, 0.2) is 0 Å². The Morgan fingerprint density at radius 3 is 2.29 bits per heavy atom. The highest BCUT2D eigenvalue weighted by molar-refractivity contribution is 5.73. The Morgan fingerprint density at radius 2 is 2.00 bits per heavy atom. The summed E-state index contributed by atoms with van der Waals surface area (Å²) in [5, 5.41) is 17.7. The van der Waals surface area contributed by atoms with Crippen LogP contribution in [0.2, 0.25) is 0 Å². The molecule has 0 saturated carbocycles. The Labute approximate surface area is 85.5 Å². The van der Waals surface area contributed by atoms with Crippen LogP contribution >= 0.6 is 0 Å². The van der Waals surface area contributed by atoms with Crippen molar-refractivity contribution in [2.75, 3.05) is 13.2 Å². The molecule has 0 radical (unpaired) electrons. The van der Waals surface area contributed by atoms with Crippen LogP contribution in [0.25, 0.3) is 0 Å². The van der Waals surface area contributed by atoms with Gasteiger partial charge in [0.1, 0.15) is 6.04 Å². The summed E-state index contributed by atoms with van der Waals surface area (Å²) in [7, 11) is 0. The molecule has 0 aliphatic carbocycles. The predicted octanol–water partition coefficient (Wildman–Crippen LogP) is 0.942. The molecule has 0 spiro atoms. The lowest BCUT2D eigenvalue weighted by Crippen LogP contribution is -2.45. The maximum atomic E-state index is 10.9. The van der Waals surface area contributed by atoms with Crippen molar-refractivity contribution in [1.29, 1.82) is 0 Å². The Hall–Kier alpha value is -0.610. The molecular formula is C10H21NO3. The first-order valence-electron chi connectivity index (χ1n) is 5.14. The number of carbonyl (C=O) groups is 1. The lowest BCUT2D eigenvalue weighted by Gasteiger charge is -2.31. The second-order valence-electron chi connectivity index (χ2n) is 3.67. The van der Waals surface area contributed by atoms with Gasteiger partial charge in [-0.2, -0.15) is 0 Å². The van der Waals surface area contributed by atoms with Crippen LogP contribution in [-0.4, -0.2) is 46.3 Å². The molecule has 2 N–H and O–H groups in total. The molecule has 0 rings (SSSR count). The van der Waals surface area contributed by atoms with Crippen LogP contribution in [0.3, 0.4) is 0 Å². The van der Waals surface area contributed by atoms with Gasteiger partial charge in [-0.3, -0.25) is 9.69 Å². The first-order chi connectivity index (χ1) is 6.54. The molecule has 0 heterocycles. The van der Waals surface area contributed by atoms with E-state index in [-0.39, 0.29) is 12.6 Å². The summed E-state index contributed by atoms with van der Waals surface area (Å²) in [6.07, 6.45) is 1.22. The summed E-state index contributed by atoms with van der Waals surface area (Å²) in [4.78, 5) is 12.9. The number of aliphatic hydroxyl groups is 1. The fourth-order valence-electron chi connectivity index (χ4n) is 1.58. The molecule has 0 aliphatic heterocycles. The molecule has 84 valence electrons. The standard InChI is InChI=1S/C10H21NO3/c1-4-9(10(13)14)11(8(2)3)6-5-7-12/h8-9,12H,4-7H2,1-3H3,(H,13,14). The Morgan fingerprint density at radius 1 is 1.43 bits per heavy atom. The molecule has 4 heteroatoms. The highest BCUT2D eigenvalue weighted by Gasteiger charge is 2.25. The third-order valence-corrected chi connectivity index (χ3v) is 2.31. The Balaban J connectivity index is 4.35. The molecule has 0 aromatic heterocycles. The van der Waals surface area contributed by atoms with E-state index in [0.717, 1.165) is 0 Å². The number of hydrogen-bond acceptors (Lipinski definition) is 3. The number of aliphatic hydroxyl groups excluding tert-OH is 1. The molecule has 0 amide bonds. The number of carboxylic acids is 1. The lowest BCUT2D eigenvalue weighted by atomic mass is 10.1. The van der Waals surface area contributed by atoms with Gasteiger partial charge in [-0.25, -0.2) is 0 Å². The average Bonchev–Trinajstić information content (AvgIpc) is 2.10. The lowest BCUT2D eigenvalue weighted by molar-refractivity contribution is -0.144. The van der Waals surface area contributed by atoms with Crippen molar-refractivity contribution in [2.45, 2.75) is 45.7 Å². The fraction of sp³-hybridized carbons (Fsp3) is 0.900. The molecule has 4 nitrogen and oxygen atoms in total. The first kappa shape index (κ1) is 13.4. The second kappa shape index (κ2) is 6.79. The van der Waals surface area contributed by atoms with Crippen LogP contribution < -0.4 is 0 Å². The second-order valence-corrected chi connectivity index (χ2v) is 3.67. The van der Waals surface area contributed by atoms with Crippen LogP contribution in [0, 0.1) is 0 Å². The van der Waals surface area contributed by atoms with Crippen molar-refractivity contribution in [1.82, 2.24) is 4.90 Å². The Bertz CT molecular complexity index is 171. The zero-order valence-electron chi connectivity index (χ0n) is 9.23. The minimum Gasteiger partial charge on any atom is -0.480 e. The van der Waals surface area contributed by atoms with Gasteiger partial charge >= 0.3 is 5.97 Å². The third-order valence-electron chi connectivity index (χ3n) is 2.31. The number of rotatable bonds is 7. The van der Waals surface area contributed by atoms with Crippen LogP contribution in [0.5, 0.6) is 0 Å². The monoisotopic (exact) mass is 203 g/mol. The molecule has 0 aromatic rings. The van der Waals surface area contributed by atoms with E-state index in [2.05, 4.69) is 0 Å². The number of hydrogen-bond donors (Lipinski definition) is 2. The molecule has 1 unspecified atom stereocenters. The van der Waals surface area contributed by atoms with Gasteiger partial charge in [-0.1, -0.05) is 6.92 Å². The van der Waals surface area contributed by atoms with Crippen LogP contribution in [0.4, 0.5) is 0 Å². The van der Waals surface area contributed by atoms with Crippen molar-refractivity contribution >= 4 is 5.97 Å². The summed E-state index contributed by atoms with van der Waals surface area (Å²) >= 11 is 0. The third kappa shape index (κ3) is 4.07. The molecule has 1 atom stereocenters. The predicted molar refractivity (Wildman–Crippen MR) is 55.3 cm³/mol. The minimum atomic E-state index is -0.779. The Kier molecular flexibility index (Phi) is 6.49. The maximum Gasteiger partial charge on any atom is 0.320 e. The summed E-state index contributed by atoms with van der Waals surface area (Å²) in [5.74, 6) is -0.779. The minimum absolute atomic E-state index is 0.110. The van der Waals surface area contributed by atoms with Crippen LogP contribution in [-0.2, 0) is 4.79 Å². The van der Waals surface area contributed by atoms with E-state index >= 15 is 0 Å². The van der Waals surface area contributed by atoms with Gasteiger partial charge in [0.25, 0.3) is 0 Å². The zero-order chi connectivity index (χ0) is 11.1. The molecule has 0 aromatic carbocycles. The summed E-state index contributed by atoms with van der Waals surface area (Å²) < 4.78 is 0. The molecule has 14 heavy (non-hydrogen) atoms. The van der Waals surface area contributed by atoms with E-state index in [1.165, 1.54) is 0 Å². The van der Waals surface area contributed by atoms with Crippen LogP contribution in [0.1, 0.15) is 33.6 Å². The van der Waals surface area contributed by atoms with E-state index < -0.39 is 12.0 Å². The quantitative estimate of drug-likeness (QED) is 0.646. The zero-order valence-corrected chi connectivity index (χ0v) is 9.23. The fourth-order valence-corrected chi connectivity index (χ4v) is 1.58. The van der Waals surface area contributed by atoms with Gasteiger partial charge in [0.2, 0.25) is 0 Å². The van der Waals surface area contributed by atoms with E-state index in [1.807, 2.05) is 25.7 Å². The SMILES string of the molecule is CCC(C(=O)O)N(CCCO)C(C)C. The summed E-state index contributed by atoms with van der Waals surface area (Å²) in [6.45, 7) is 6.57. The summed E-state index contributed by atoms with van der Waals surface area (Å²) in [5.41, 5.74) is 0. The van der Waals surface area contributed by atoms with Gasteiger partial charge in [0, 0.05) is 19.2 Å². The normalized spacial score (nSPS) is 13.6. The highest BCUT2D eigenvalue weighted by Crippen LogP contribution is 2.10. The largest absolute Gasteiger partial charge is 0.480 e. The van der Waals surface area contributed by atoms with E-state index in [9.17, 15) is 4.79 Å². The summed E-state index contributed by atoms with van der Waals surface area (Å²) in [6, 6.07) is -0.232. The number of aliphatic carboxylic acids is 1. The van der Waals surface area contributed by atoms with Gasteiger partial charge in [0.05, 0.1) is 0 Å².